The highest BCUT2D eigenvalue weighted by atomic mass is 15.3. The Hall–Kier alpha value is -7.66. The van der Waals surface area contributed by atoms with Gasteiger partial charge in [0.2, 0.25) is 0 Å². The van der Waals surface area contributed by atoms with E-state index in [2.05, 4.69) is 226 Å². The molecule has 0 saturated carbocycles. The first kappa shape index (κ1) is 33.2. The van der Waals surface area contributed by atoms with Crippen molar-refractivity contribution in [2.24, 2.45) is 0 Å². The summed E-state index contributed by atoms with van der Waals surface area (Å²) in [5.74, 6) is 0. The van der Waals surface area contributed by atoms with Crippen LogP contribution in [-0.2, 0) is 5.41 Å². The molecule has 2 aliphatic rings. The number of nitrogens with zero attached hydrogens (tertiary/aromatic N) is 2. The molecule has 0 spiro atoms. The van der Waals surface area contributed by atoms with Crippen molar-refractivity contribution in [3.8, 4) is 11.1 Å². The molecule has 12 aromatic rings. The van der Waals surface area contributed by atoms with Crippen LogP contribution in [-0.4, -0.2) is 8.97 Å². The molecule has 9 aromatic carbocycles. The Morgan fingerprint density at radius 2 is 1.02 bits per heavy atom. The summed E-state index contributed by atoms with van der Waals surface area (Å²) in [6, 6.07) is 76.6. The molecule has 2 atom stereocenters. The fourth-order valence-electron chi connectivity index (χ4n) is 11.7. The van der Waals surface area contributed by atoms with Crippen LogP contribution in [0, 0.1) is 0 Å². The molecule has 0 fully saturated rings. The van der Waals surface area contributed by atoms with Crippen molar-refractivity contribution < 1.29 is 0 Å². The quantitative estimate of drug-likeness (QED) is 0.187. The average molecular weight is 779 g/mol. The molecule has 286 valence electrons. The maximum atomic E-state index is 4.22. The Bertz CT molecular complexity index is 3690. The second kappa shape index (κ2) is 12.2. The van der Waals surface area contributed by atoms with Crippen molar-refractivity contribution in [1.82, 2.24) is 14.3 Å². The molecule has 2 N–H and O–H groups in total. The van der Waals surface area contributed by atoms with Gasteiger partial charge in [-0.2, -0.15) is 0 Å². The van der Waals surface area contributed by atoms with Crippen LogP contribution < -0.4 is 10.6 Å². The van der Waals surface area contributed by atoms with Gasteiger partial charge in [0.15, 0.2) is 6.29 Å². The summed E-state index contributed by atoms with van der Waals surface area (Å²) in [6.07, 6.45) is -0.250. The topological polar surface area (TPSA) is 33.4 Å². The van der Waals surface area contributed by atoms with Crippen LogP contribution in [0.25, 0.3) is 71.0 Å². The molecule has 4 heterocycles. The number of anilines is 1. The van der Waals surface area contributed by atoms with Gasteiger partial charge in [0.05, 0.1) is 39.0 Å². The zero-order valence-corrected chi connectivity index (χ0v) is 33.2. The second-order valence-corrected chi connectivity index (χ2v) is 16.9. The maximum absolute atomic E-state index is 4.22. The van der Waals surface area contributed by atoms with Gasteiger partial charge in [0.1, 0.15) is 0 Å². The largest absolute Gasteiger partial charge is 0.352 e. The van der Waals surface area contributed by atoms with Crippen LogP contribution in [0.5, 0.6) is 0 Å². The third-order valence-corrected chi connectivity index (χ3v) is 14.0. The van der Waals surface area contributed by atoms with Crippen molar-refractivity contribution in [3.05, 3.63) is 240 Å². The van der Waals surface area contributed by atoms with E-state index in [-0.39, 0.29) is 12.3 Å². The number of hydrogen-bond donors (Lipinski definition) is 2. The third kappa shape index (κ3) is 4.27. The van der Waals surface area contributed by atoms with Gasteiger partial charge in [-0.05, 0) is 80.2 Å². The first-order chi connectivity index (χ1) is 30.3. The highest BCUT2D eigenvalue weighted by molar-refractivity contribution is 6.31. The normalized spacial score (nSPS) is 16.7. The number of para-hydroxylation sites is 3. The van der Waals surface area contributed by atoms with Gasteiger partial charge in [0, 0.05) is 32.6 Å². The van der Waals surface area contributed by atoms with Crippen LogP contribution in [0.3, 0.4) is 0 Å². The lowest BCUT2D eigenvalue weighted by Crippen LogP contribution is -2.40. The van der Waals surface area contributed by atoms with E-state index in [9.17, 15) is 0 Å². The van der Waals surface area contributed by atoms with E-state index < -0.39 is 5.41 Å². The Kier molecular flexibility index (Phi) is 6.64. The predicted octanol–water partition coefficient (Wildman–Crippen LogP) is 13.6. The monoisotopic (exact) mass is 778 g/mol. The molecule has 4 nitrogen and oxygen atoms in total. The number of hydrogen-bond acceptors (Lipinski definition) is 2. The third-order valence-electron chi connectivity index (χ3n) is 14.0. The van der Waals surface area contributed by atoms with E-state index in [0.717, 1.165) is 5.69 Å². The average Bonchev–Trinajstić information content (AvgIpc) is 3.93. The van der Waals surface area contributed by atoms with Crippen molar-refractivity contribution in [2.75, 3.05) is 5.32 Å². The van der Waals surface area contributed by atoms with E-state index >= 15 is 0 Å². The van der Waals surface area contributed by atoms with E-state index in [4.69, 9.17) is 0 Å². The van der Waals surface area contributed by atoms with Gasteiger partial charge in [-0.3, -0.25) is 5.32 Å². The first-order valence-electron chi connectivity index (χ1n) is 21.3. The Balaban J connectivity index is 1.01. The summed E-state index contributed by atoms with van der Waals surface area (Å²) in [7, 11) is 0. The Morgan fingerprint density at radius 3 is 1.85 bits per heavy atom. The molecule has 1 aliphatic carbocycles. The maximum Gasteiger partial charge on any atom is 0.160 e. The van der Waals surface area contributed by atoms with Gasteiger partial charge in [-0.25, -0.2) is 0 Å². The summed E-state index contributed by atoms with van der Waals surface area (Å²) >= 11 is 0. The minimum Gasteiger partial charge on any atom is -0.352 e. The first-order valence-corrected chi connectivity index (χ1v) is 21.3. The van der Waals surface area contributed by atoms with Crippen molar-refractivity contribution in [1.29, 1.82) is 0 Å². The highest BCUT2D eigenvalue weighted by Crippen LogP contribution is 2.57. The van der Waals surface area contributed by atoms with Crippen molar-refractivity contribution in [2.45, 2.75) is 17.7 Å². The molecule has 2 unspecified atom stereocenters. The molecule has 4 heteroatoms. The number of fused-ring (bicyclic) bond motifs is 9. The van der Waals surface area contributed by atoms with Gasteiger partial charge in [-0.15, -0.1) is 0 Å². The summed E-state index contributed by atoms with van der Waals surface area (Å²) in [5, 5.41) is 15.9. The summed E-state index contributed by atoms with van der Waals surface area (Å²) in [4.78, 5) is 0. The lowest BCUT2D eigenvalue weighted by atomic mass is 9.67. The molecule has 1 aliphatic heterocycles. The Labute approximate surface area is 352 Å². The zero-order chi connectivity index (χ0) is 39.8. The molecule has 0 amide bonds. The summed E-state index contributed by atoms with van der Waals surface area (Å²) < 4.78 is 5.03. The lowest BCUT2D eigenvalue weighted by Gasteiger charge is -2.37. The van der Waals surface area contributed by atoms with Gasteiger partial charge < -0.3 is 14.3 Å². The smallest absolute Gasteiger partial charge is 0.160 e. The summed E-state index contributed by atoms with van der Waals surface area (Å²) in [5.41, 5.74) is 17.0. The van der Waals surface area contributed by atoms with Crippen LogP contribution in [0.15, 0.2) is 206 Å². The van der Waals surface area contributed by atoms with Crippen molar-refractivity contribution in [3.63, 3.8) is 0 Å². The van der Waals surface area contributed by atoms with Crippen LogP contribution >= 0.6 is 0 Å². The SMILES string of the molecule is c1ccc(C2(c3ccccc3)c3ccccc3-c3ccc(C4NC(n5c6cccc7c8cccc9c%10ccccc%10n(c%10cccc5c%10c76)c89)Nc5ccccc54)cc32)cc1. The van der Waals surface area contributed by atoms with E-state index in [0.29, 0.717) is 0 Å². The highest BCUT2D eigenvalue weighted by Gasteiger charge is 2.46. The fraction of sp³-hybridized carbons (Fsp3) is 0.0526. The van der Waals surface area contributed by atoms with Crippen molar-refractivity contribution >= 4 is 65.6 Å². The standard InChI is InChI=1S/C57H38N4/c1-3-16-36(17-4-1)57(37-18-5-2-6-19-37)45-26-10-7-20-38(45)39-33-32-35(34-46(39)57)54-44-22-8-11-27-47(44)58-56(59-54)61-49-29-14-23-41-43-25-13-24-42-40-21-9-12-28-48(40)60(55(42)43)50-30-15-31-51(61)53(50)52(41)49/h1-34,54,56,58-59H. The second-order valence-electron chi connectivity index (χ2n) is 16.9. The van der Waals surface area contributed by atoms with E-state index in [1.165, 1.54) is 104 Å². The molecule has 0 bridgehead atoms. The molecule has 0 radical (unpaired) electrons. The van der Waals surface area contributed by atoms with Gasteiger partial charge in [0.25, 0.3) is 0 Å². The number of aromatic nitrogens is 2. The number of rotatable bonds is 4. The van der Waals surface area contributed by atoms with Crippen LogP contribution in [0.2, 0.25) is 0 Å². The Morgan fingerprint density at radius 1 is 0.426 bits per heavy atom. The summed E-state index contributed by atoms with van der Waals surface area (Å²) in [6.45, 7) is 0. The van der Waals surface area contributed by atoms with E-state index in [1.807, 2.05) is 0 Å². The van der Waals surface area contributed by atoms with Crippen LogP contribution in [0.4, 0.5) is 5.69 Å². The molecule has 14 rings (SSSR count). The number of benzene rings is 9. The molecule has 0 saturated heterocycles. The zero-order valence-electron chi connectivity index (χ0n) is 33.2. The predicted molar refractivity (Wildman–Crippen MR) is 252 cm³/mol. The molecule has 61 heavy (non-hydrogen) atoms. The minimum absolute atomic E-state index is 0.0961. The van der Waals surface area contributed by atoms with Crippen LogP contribution in [0.1, 0.15) is 45.7 Å². The van der Waals surface area contributed by atoms with Gasteiger partial charge >= 0.3 is 0 Å². The molecular formula is C57H38N4. The lowest BCUT2D eigenvalue weighted by molar-refractivity contribution is 0.417. The number of nitrogens with one attached hydrogen (secondary N) is 2. The van der Waals surface area contributed by atoms with Gasteiger partial charge in [-0.1, -0.05) is 176 Å². The molecular weight excluding hydrogens is 741 g/mol. The van der Waals surface area contributed by atoms with E-state index in [1.54, 1.807) is 0 Å². The molecule has 3 aromatic heterocycles. The fourth-order valence-corrected chi connectivity index (χ4v) is 11.7. The minimum atomic E-state index is -0.478.